The number of aromatic nitrogens is 3. The molecule has 0 saturated carbocycles. The van der Waals surface area contributed by atoms with Gasteiger partial charge in [0, 0.05) is 49.4 Å². The molecule has 59 heavy (non-hydrogen) atoms. The Hall–Kier alpha value is -7.34. The highest BCUT2D eigenvalue weighted by Gasteiger charge is 2.23. The fourth-order valence-corrected chi connectivity index (χ4v) is 9.79. The van der Waals surface area contributed by atoms with Crippen molar-refractivity contribution in [3.8, 4) is 17.2 Å². The minimum absolute atomic E-state index is 0.157. The van der Waals surface area contributed by atoms with Crippen molar-refractivity contribution in [2.75, 3.05) is 4.90 Å². The summed E-state index contributed by atoms with van der Waals surface area (Å²) >= 11 is 1.76. The highest BCUT2D eigenvalue weighted by Crippen LogP contribution is 2.43. The Kier molecular flexibility index (Phi) is 8.79. The summed E-state index contributed by atoms with van der Waals surface area (Å²) in [6.07, 6.45) is 0.890. The number of para-hydroxylation sites is 2. The first kappa shape index (κ1) is 34.9. The van der Waals surface area contributed by atoms with Gasteiger partial charge in [0.1, 0.15) is 0 Å². The van der Waals surface area contributed by atoms with Crippen molar-refractivity contribution in [3.63, 3.8) is 0 Å². The minimum Gasteiger partial charge on any atom is -0.310 e. The van der Waals surface area contributed by atoms with Crippen molar-refractivity contribution in [1.82, 2.24) is 14.5 Å². The van der Waals surface area contributed by atoms with E-state index in [0.29, 0.717) is 5.95 Å². The van der Waals surface area contributed by atoms with Crippen LogP contribution < -0.4 is 4.90 Å². The molecule has 0 radical (unpaired) electrons. The zero-order chi connectivity index (χ0) is 39.1. The highest BCUT2D eigenvalue weighted by atomic mass is 32.1. The standard InChI is InChI=1S/C54H38N4S/c1-6-18-37(19-7-1)34-45(38-20-8-2-9-21-38)40-30-32-48-46(35-40)47-36-43(57(41-24-12-4-13-25-41)42-26-14-5-15-27-42)31-33-49(47)58(48)54-55-51(39-22-10-3-11-23-39)53-52(56-54)44-28-16-17-29-50(44)59-53/h1-33,35-36,45H,34H2. The highest BCUT2D eigenvalue weighted by molar-refractivity contribution is 7.26. The number of benzene rings is 8. The van der Waals surface area contributed by atoms with E-state index in [2.05, 4.69) is 222 Å². The SMILES string of the molecule is c1ccc(CC(c2ccccc2)c2ccc3c(c2)c2cc(N(c4ccccc4)c4ccccc4)ccc2n3-c2nc(-c3ccccc3)c3sc4ccccc4c3n2)cc1. The Labute approximate surface area is 346 Å². The van der Waals surface area contributed by atoms with E-state index in [1.54, 1.807) is 11.3 Å². The summed E-state index contributed by atoms with van der Waals surface area (Å²) in [5.74, 6) is 0.816. The molecule has 0 aliphatic heterocycles. The van der Waals surface area contributed by atoms with Gasteiger partial charge in [-0.1, -0.05) is 152 Å². The fourth-order valence-electron chi connectivity index (χ4n) is 8.64. The molecular weight excluding hydrogens is 737 g/mol. The first-order valence-electron chi connectivity index (χ1n) is 20.1. The van der Waals surface area contributed by atoms with Gasteiger partial charge in [-0.15, -0.1) is 11.3 Å². The van der Waals surface area contributed by atoms with Gasteiger partial charge in [-0.2, -0.15) is 0 Å². The Bertz CT molecular complexity index is 3190. The molecule has 8 aromatic carbocycles. The molecule has 5 heteroatoms. The van der Waals surface area contributed by atoms with Gasteiger partial charge in [0.25, 0.3) is 0 Å². The largest absolute Gasteiger partial charge is 0.310 e. The van der Waals surface area contributed by atoms with E-state index < -0.39 is 0 Å². The van der Waals surface area contributed by atoms with Crippen molar-refractivity contribution < 1.29 is 0 Å². The van der Waals surface area contributed by atoms with Crippen LogP contribution in [-0.2, 0) is 6.42 Å². The summed E-state index contributed by atoms with van der Waals surface area (Å²) in [6.45, 7) is 0. The van der Waals surface area contributed by atoms with Crippen LogP contribution >= 0.6 is 11.3 Å². The summed E-state index contributed by atoms with van der Waals surface area (Å²) in [4.78, 5) is 13.3. The number of fused-ring (bicyclic) bond motifs is 6. The maximum atomic E-state index is 5.47. The van der Waals surface area contributed by atoms with Crippen LogP contribution in [0.4, 0.5) is 17.1 Å². The molecule has 0 aliphatic carbocycles. The van der Waals surface area contributed by atoms with Crippen LogP contribution in [-0.4, -0.2) is 14.5 Å². The minimum atomic E-state index is 0.157. The Morgan fingerprint density at radius 2 is 1.05 bits per heavy atom. The lowest BCUT2D eigenvalue weighted by atomic mass is 9.85. The molecule has 11 aromatic rings. The molecule has 0 bridgehead atoms. The predicted octanol–water partition coefficient (Wildman–Crippen LogP) is 14.5. The lowest BCUT2D eigenvalue weighted by Gasteiger charge is -2.25. The maximum Gasteiger partial charge on any atom is 0.235 e. The lowest BCUT2D eigenvalue weighted by Crippen LogP contribution is -2.09. The third kappa shape index (κ3) is 6.33. The molecule has 1 unspecified atom stereocenters. The van der Waals surface area contributed by atoms with Crippen LogP contribution in [0, 0.1) is 0 Å². The molecule has 0 saturated heterocycles. The first-order chi connectivity index (χ1) is 29.3. The molecule has 0 spiro atoms. The van der Waals surface area contributed by atoms with Crippen LogP contribution in [0.15, 0.2) is 212 Å². The van der Waals surface area contributed by atoms with Gasteiger partial charge in [-0.3, -0.25) is 4.57 Å². The molecule has 0 fully saturated rings. The third-order valence-corrected chi connectivity index (χ3v) is 12.6. The lowest BCUT2D eigenvalue weighted by molar-refractivity contribution is 0.806. The molecule has 4 nitrogen and oxygen atoms in total. The number of thiophene rings is 1. The van der Waals surface area contributed by atoms with Gasteiger partial charge < -0.3 is 4.90 Å². The Balaban J connectivity index is 1.19. The molecule has 11 rings (SSSR count). The number of hydrogen-bond acceptors (Lipinski definition) is 4. The quantitative estimate of drug-likeness (QED) is 0.146. The van der Waals surface area contributed by atoms with Crippen LogP contribution in [0.1, 0.15) is 22.6 Å². The van der Waals surface area contributed by atoms with E-state index in [1.807, 2.05) is 0 Å². The topological polar surface area (TPSA) is 34.0 Å². The van der Waals surface area contributed by atoms with E-state index in [-0.39, 0.29) is 5.92 Å². The molecule has 1 atom stereocenters. The number of rotatable bonds is 9. The van der Waals surface area contributed by atoms with E-state index in [9.17, 15) is 0 Å². The molecule has 0 aliphatic rings. The number of anilines is 3. The summed E-state index contributed by atoms with van der Waals surface area (Å²) in [6, 6.07) is 76.0. The zero-order valence-corrected chi connectivity index (χ0v) is 33.0. The van der Waals surface area contributed by atoms with Crippen LogP contribution in [0.5, 0.6) is 0 Å². The fraction of sp³-hybridized carbons (Fsp3) is 0.0370. The Morgan fingerprint density at radius 1 is 0.475 bits per heavy atom. The normalized spacial score (nSPS) is 12.1. The predicted molar refractivity (Wildman–Crippen MR) is 248 cm³/mol. The second kappa shape index (κ2) is 14.9. The van der Waals surface area contributed by atoms with Gasteiger partial charge in [-0.25, -0.2) is 9.97 Å². The molecule has 3 aromatic heterocycles. The van der Waals surface area contributed by atoms with Crippen molar-refractivity contribution in [1.29, 1.82) is 0 Å². The van der Waals surface area contributed by atoms with Crippen molar-refractivity contribution in [3.05, 3.63) is 229 Å². The van der Waals surface area contributed by atoms with Gasteiger partial charge >= 0.3 is 0 Å². The van der Waals surface area contributed by atoms with Crippen molar-refractivity contribution in [2.24, 2.45) is 0 Å². The van der Waals surface area contributed by atoms with E-state index in [1.165, 1.54) is 21.4 Å². The van der Waals surface area contributed by atoms with Crippen molar-refractivity contribution in [2.45, 2.75) is 12.3 Å². The van der Waals surface area contributed by atoms with Crippen LogP contribution in [0.2, 0.25) is 0 Å². The van der Waals surface area contributed by atoms with E-state index in [0.717, 1.165) is 72.1 Å². The zero-order valence-electron chi connectivity index (χ0n) is 32.2. The van der Waals surface area contributed by atoms with Crippen molar-refractivity contribution >= 4 is 70.5 Å². The van der Waals surface area contributed by atoms with Crippen LogP contribution in [0.3, 0.4) is 0 Å². The average molecular weight is 775 g/mol. The second-order valence-corrected chi connectivity index (χ2v) is 16.0. The van der Waals surface area contributed by atoms with Gasteiger partial charge in [0.2, 0.25) is 5.95 Å². The average Bonchev–Trinajstić information content (AvgIpc) is 3.85. The molecular formula is C54H38N4S. The molecule has 0 amide bonds. The Morgan fingerprint density at radius 3 is 1.75 bits per heavy atom. The van der Waals surface area contributed by atoms with Crippen LogP contribution in [0.25, 0.3) is 59.3 Å². The van der Waals surface area contributed by atoms with Gasteiger partial charge in [-0.05, 0) is 83.8 Å². The van der Waals surface area contributed by atoms with Gasteiger partial charge in [0.05, 0.1) is 26.9 Å². The molecule has 0 N–H and O–H groups in total. The second-order valence-electron chi connectivity index (χ2n) is 15.0. The number of hydrogen-bond donors (Lipinski definition) is 0. The molecule has 280 valence electrons. The third-order valence-electron chi connectivity index (χ3n) is 11.4. The smallest absolute Gasteiger partial charge is 0.235 e. The van der Waals surface area contributed by atoms with E-state index >= 15 is 0 Å². The summed E-state index contributed by atoms with van der Waals surface area (Å²) in [5, 5.41) is 3.45. The summed E-state index contributed by atoms with van der Waals surface area (Å²) < 4.78 is 4.58. The van der Waals surface area contributed by atoms with E-state index in [4.69, 9.17) is 9.97 Å². The molecule has 3 heterocycles. The summed E-state index contributed by atoms with van der Waals surface area (Å²) in [7, 11) is 0. The maximum absolute atomic E-state index is 5.47. The first-order valence-corrected chi connectivity index (χ1v) is 20.9. The summed E-state index contributed by atoms with van der Waals surface area (Å²) in [5.41, 5.74) is 12.3. The number of nitrogens with zero attached hydrogens (tertiary/aromatic N) is 4. The monoisotopic (exact) mass is 774 g/mol. The van der Waals surface area contributed by atoms with Gasteiger partial charge in [0.15, 0.2) is 0 Å².